The number of hydrogen-bond acceptors (Lipinski definition) is 4. The number of anilines is 1. The Hall–Kier alpha value is -2.88. The summed E-state index contributed by atoms with van der Waals surface area (Å²) in [6.07, 6.45) is 5.50. The highest BCUT2D eigenvalue weighted by Crippen LogP contribution is 2.28. The monoisotopic (exact) mass is 422 g/mol. The minimum absolute atomic E-state index is 0.427. The number of hydrogen-bond donors (Lipinski definition) is 1. The summed E-state index contributed by atoms with van der Waals surface area (Å²) in [5.74, 6) is 1.68. The normalized spacial score (nSPS) is 11.0. The van der Waals surface area contributed by atoms with Gasteiger partial charge in [-0.15, -0.1) is 0 Å². The summed E-state index contributed by atoms with van der Waals surface area (Å²) in [5, 5.41) is 4.01. The topological polar surface area (TPSA) is 69.1 Å². The van der Waals surface area contributed by atoms with Gasteiger partial charge in [-0.2, -0.15) is 0 Å². The molecule has 0 bridgehead atoms. The van der Waals surface area contributed by atoms with Gasteiger partial charge in [-0.3, -0.25) is 0 Å². The molecule has 4 nitrogen and oxygen atoms in total. The number of benzene rings is 2. The van der Waals surface area contributed by atoms with Gasteiger partial charge >= 0.3 is 0 Å². The average molecular weight is 423 g/mol. The van der Waals surface area contributed by atoms with Crippen LogP contribution in [0.25, 0.3) is 11.1 Å². The molecule has 0 spiro atoms. The highest BCUT2D eigenvalue weighted by atomic mass is 16.5. The number of nitrogens with two attached hydrogens (primary N) is 1. The van der Waals surface area contributed by atoms with Crippen LogP contribution in [-0.4, -0.2) is 11.4 Å². The van der Waals surface area contributed by atoms with E-state index in [0.717, 1.165) is 17.9 Å². The molecule has 1 aromatic heterocycles. The van der Waals surface area contributed by atoms with Gasteiger partial charge in [0.05, 0.1) is 5.69 Å². The van der Waals surface area contributed by atoms with Crippen molar-refractivity contribution in [2.45, 2.75) is 66.2 Å². The van der Waals surface area contributed by atoms with Crippen molar-refractivity contribution in [1.82, 2.24) is 5.16 Å². The lowest BCUT2D eigenvalue weighted by molar-refractivity contribution is -0.106. The van der Waals surface area contributed by atoms with Crippen LogP contribution in [0.5, 0.6) is 0 Å². The molecule has 0 saturated heterocycles. The second kappa shape index (κ2) is 15.0. The van der Waals surface area contributed by atoms with Gasteiger partial charge in [-0.05, 0) is 43.7 Å². The van der Waals surface area contributed by atoms with Crippen molar-refractivity contribution >= 4 is 12.2 Å². The van der Waals surface area contributed by atoms with E-state index < -0.39 is 0 Å². The van der Waals surface area contributed by atoms with Crippen molar-refractivity contribution < 1.29 is 9.32 Å². The molecule has 1 heterocycles. The Morgan fingerprint density at radius 1 is 0.968 bits per heavy atom. The van der Waals surface area contributed by atoms with Gasteiger partial charge in [0.1, 0.15) is 6.29 Å². The Morgan fingerprint density at radius 2 is 1.55 bits per heavy atom. The van der Waals surface area contributed by atoms with Crippen molar-refractivity contribution in [2.24, 2.45) is 5.92 Å². The minimum atomic E-state index is 0.427. The van der Waals surface area contributed by atoms with Crippen molar-refractivity contribution in [3.63, 3.8) is 0 Å². The molecular weight excluding hydrogens is 384 g/mol. The molecule has 2 N–H and O–H groups in total. The van der Waals surface area contributed by atoms with E-state index >= 15 is 0 Å². The van der Waals surface area contributed by atoms with Crippen molar-refractivity contribution in [1.29, 1.82) is 0 Å². The fourth-order valence-electron chi connectivity index (χ4n) is 3.20. The minimum Gasteiger partial charge on any atom is -0.368 e. The van der Waals surface area contributed by atoms with Crippen LogP contribution in [0.15, 0.2) is 65.2 Å². The fraction of sp³-hybridized carbons (Fsp3) is 0.407. The Labute approximate surface area is 187 Å². The van der Waals surface area contributed by atoms with E-state index in [1.165, 1.54) is 49.3 Å². The Kier molecular flexibility index (Phi) is 12.7. The molecule has 1 unspecified atom stereocenters. The second-order valence-electron chi connectivity index (χ2n) is 8.08. The number of nitrogen functional groups attached to an aromatic ring is 1. The molecule has 3 aromatic rings. The fourth-order valence-corrected chi connectivity index (χ4v) is 3.20. The average Bonchev–Trinajstić information content (AvgIpc) is 3.19. The lowest BCUT2D eigenvalue weighted by Gasteiger charge is -2.14. The van der Waals surface area contributed by atoms with Gasteiger partial charge in [0, 0.05) is 12.0 Å². The third-order valence-corrected chi connectivity index (χ3v) is 4.85. The summed E-state index contributed by atoms with van der Waals surface area (Å²) in [4.78, 5) is 8.81. The third kappa shape index (κ3) is 10.6. The molecule has 2 aromatic carbocycles. The van der Waals surface area contributed by atoms with Crippen LogP contribution in [0.4, 0.5) is 5.88 Å². The number of aryl methyl sites for hydroxylation is 1. The van der Waals surface area contributed by atoms with E-state index in [-0.39, 0.29) is 0 Å². The number of rotatable bonds is 7. The number of carbonyl (C=O) groups is 1. The van der Waals surface area contributed by atoms with Crippen molar-refractivity contribution in [3.8, 4) is 11.1 Å². The maximum atomic E-state index is 8.81. The molecule has 31 heavy (non-hydrogen) atoms. The van der Waals surface area contributed by atoms with E-state index in [9.17, 15) is 0 Å². The Morgan fingerprint density at radius 3 is 2.03 bits per heavy atom. The van der Waals surface area contributed by atoms with Crippen LogP contribution in [0.2, 0.25) is 0 Å². The van der Waals surface area contributed by atoms with E-state index in [4.69, 9.17) is 15.1 Å². The van der Waals surface area contributed by atoms with Crippen LogP contribution < -0.4 is 5.73 Å². The van der Waals surface area contributed by atoms with Gasteiger partial charge in [0.2, 0.25) is 5.88 Å². The van der Waals surface area contributed by atoms with E-state index in [1.807, 2.05) is 12.1 Å². The van der Waals surface area contributed by atoms with Crippen LogP contribution in [0.1, 0.15) is 70.6 Å². The van der Waals surface area contributed by atoms with Crippen LogP contribution in [-0.2, 0) is 4.79 Å². The SMILES string of the molecule is CC=O.CCCC(CCC(C)C)c1cc(N)on1.Cc1ccc(-c2ccccc2)cc1. The molecule has 0 aliphatic heterocycles. The molecule has 1 atom stereocenters. The van der Waals surface area contributed by atoms with Gasteiger partial charge in [0.25, 0.3) is 0 Å². The first-order valence-corrected chi connectivity index (χ1v) is 11.1. The van der Waals surface area contributed by atoms with Gasteiger partial charge in [0.15, 0.2) is 0 Å². The molecule has 0 amide bonds. The first-order valence-electron chi connectivity index (χ1n) is 11.1. The molecule has 0 aliphatic carbocycles. The number of aldehydes is 1. The summed E-state index contributed by atoms with van der Waals surface area (Å²) in [6.45, 7) is 10.3. The van der Waals surface area contributed by atoms with Gasteiger partial charge in [-0.1, -0.05) is 98.9 Å². The highest BCUT2D eigenvalue weighted by Gasteiger charge is 2.15. The largest absolute Gasteiger partial charge is 0.368 e. The highest BCUT2D eigenvalue weighted by molar-refractivity contribution is 5.63. The standard InChI is InChI=1S/C13H12.C12H22N2O.C2H4O/c1-11-7-9-13(10-8-11)12-5-3-2-4-6-12;1-4-5-10(7-6-9(2)3)11-8-12(13)15-14-11;1-2-3/h2-10H,1H3;8-10H,4-7,13H2,1-3H3;2H,1H3. The molecule has 3 rings (SSSR count). The summed E-state index contributed by atoms with van der Waals surface area (Å²) in [6, 6.07) is 20.9. The first-order chi connectivity index (χ1) is 14.9. The quantitative estimate of drug-likeness (QED) is 0.402. The Balaban J connectivity index is 0.000000277. The summed E-state index contributed by atoms with van der Waals surface area (Å²) < 4.78 is 4.93. The molecule has 0 fully saturated rings. The van der Waals surface area contributed by atoms with E-state index in [1.54, 1.807) is 0 Å². The van der Waals surface area contributed by atoms with E-state index in [2.05, 4.69) is 81.4 Å². The zero-order valence-corrected chi connectivity index (χ0v) is 19.7. The third-order valence-electron chi connectivity index (χ3n) is 4.85. The van der Waals surface area contributed by atoms with Gasteiger partial charge in [-0.25, -0.2) is 0 Å². The number of aromatic nitrogens is 1. The van der Waals surface area contributed by atoms with Crippen molar-refractivity contribution in [2.75, 3.05) is 5.73 Å². The predicted octanol–water partition coefficient (Wildman–Crippen LogP) is 7.44. The zero-order valence-electron chi connectivity index (χ0n) is 19.7. The van der Waals surface area contributed by atoms with Crippen LogP contribution in [0, 0.1) is 12.8 Å². The zero-order chi connectivity index (χ0) is 23.1. The molecular formula is C27H38N2O2. The summed E-state index contributed by atoms with van der Waals surface area (Å²) in [5.41, 5.74) is 10.4. The maximum absolute atomic E-state index is 8.81. The van der Waals surface area contributed by atoms with E-state index in [0.29, 0.717) is 11.8 Å². The molecule has 0 saturated carbocycles. The molecule has 0 radical (unpaired) electrons. The second-order valence-corrected chi connectivity index (χ2v) is 8.08. The summed E-state index contributed by atoms with van der Waals surface area (Å²) >= 11 is 0. The lowest BCUT2D eigenvalue weighted by Crippen LogP contribution is -2.01. The smallest absolute Gasteiger partial charge is 0.222 e. The number of carbonyl (C=O) groups excluding carboxylic acids is 1. The maximum Gasteiger partial charge on any atom is 0.222 e. The first kappa shape index (κ1) is 26.2. The molecule has 4 heteroatoms. The molecule has 0 aliphatic rings. The van der Waals surface area contributed by atoms with Gasteiger partial charge < -0.3 is 15.1 Å². The summed E-state index contributed by atoms with van der Waals surface area (Å²) in [7, 11) is 0. The van der Waals surface area contributed by atoms with Crippen LogP contribution in [0.3, 0.4) is 0 Å². The van der Waals surface area contributed by atoms with Crippen LogP contribution >= 0.6 is 0 Å². The Bertz CT molecular complexity index is 839. The number of nitrogens with zero attached hydrogens (tertiary/aromatic N) is 1. The predicted molar refractivity (Wildman–Crippen MR) is 131 cm³/mol. The van der Waals surface area contributed by atoms with Crippen molar-refractivity contribution in [3.05, 3.63) is 71.9 Å². The lowest BCUT2D eigenvalue weighted by atomic mass is 9.91. The molecule has 168 valence electrons.